The highest BCUT2D eigenvalue weighted by molar-refractivity contribution is 6.04. The van der Waals surface area contributed by atoms with E-state index in [2.05, 4.69) is 20.8 Å². The van der Waals surface area contributed by atoms with E-state index >= 15 is 0 Å². The standard InChI is InChI=1S/C22H18FN5O2/c1-15-25-26-27-28(15)18-9-12-20(23)21(13-18)24-22(29)17-7-10-19(11-8-17)30-14-16-5-3-2-4-6-16/h2-13H,14H2,1H3,(H,24,29). The van der Waals surface area contributed by atoms with E-state index in [1.807, 2.05) is 30.3 Å². The van der Waals surface area contributed by atoms with Crippen molar-refractivity contribution in [3.05, 3.63) is 95.6 Å². The van der Waals surface area contributed by atoms with E-state index in [-0.39, 0.29) is 5.69 Å². The summed E-state index contributed by atoms with van der Waals surface area (Å²) in [5.74, 6) is 0.192. The number of benzene rings is 3. The molecule has 0 unspecified atom stereocenters. The number of hydrogen-bond donors (Lipinski definition) is 1. The molecule has 0 radical (unpaired) electrons. The lowest BCUT2D eigenvalue weighted by Gasteiger charge is -2.10. The van der Waals surface area contributed by atoms with E-state index in [0.717, 1.165) is 5.56 Å². The van der Waals surface area contributed by atoms with E-state index in [4.69, 9.17) is 4.74 Å². The fourth-order valence-electron chi connectivity index (χ4n) is 2.85. The van der Waals surface area contributed by atoms with Crippen molar-refractivity contribution < 1.29 is 13.9 Å². The Balaban J connectivity index is 1.44. The second-order valence-electron chi connectivity index (χ2n) is 6.55. The Bertz CT molecular complexity index is 1160. The van der Waals surface area contributed by atoms with Gasteiger partial charge < -0.3 is 10.1 Å². The number of halogens is 1. The maximum absolute atomic E-state index is 14.2. The Labute approximate surface area is 172 Å². The molecular formula is C22H18FN5O2. The van der Waals surface area contributed by atoms with Crippen LogP contribution in [0.4, 0.5) is 10.1 Å². The molecule has 1 N–H and O–H groups in total. The van der Waals surface area contributed by atoms with Gasteiger partial charge in [0.05, 0.1) is 11.4 Å². The molecule has 0 saturated heterocycles. The first-order valence-electron chi connectivity index (χ1n) is 9.23. The number of nitrogens with one attached hydrogen (secondary N) is 1. The molecule has 0 bridgehead atoms. The largest absolute Gasteiger partial charge is 0.489 e. The summed E-state index contributed by atoms with van der Waals surface area (Å²) >= 11 is 0. The minimum absolute atomic E-state index is 0.0387. The Hall–Kier alpha value is -4.07. The fraction of sp³-hybridized carbons (Fsp3) is 0.0909. The fourth-order valence-corrected chi connectivity index (χ4v) is 2.85. The molecule has 1 amide bonds. The molecule has 30 heavy (non-hydrogen) atoms. The average Bonchev–Trinajstić information content (AvgIpc) is 3.21. The van der Waals surface area contributed by atoms with Crippen molar-refractivity contribution in [2.45, 2.75) is 13.5 Å². The maximum atomic E-state index is 14.2. The molecule has 0 aliphatic rings. The molecule has 1 heterocycles. The van der Waals surface area contributed by atoms with Gasteiger partial charge in [-0.2, -0.15) is 4.68 Å². The molecule has 7 nitrogen and oxygen atoms in total. The van der Waals surface area contributed by atoms with Crippen LogP contribution in [0, 0.1) is 12.7 Å². The quantitative estimate of drug-likeness (QED) is 0.527. The van der Waals surface area contributed by atoms with Crippen LogP contribution in [0.1, 0.15) is 21.7 Å². The number of rotatable bonds is 6. The van der Waals surface area contributed by atoms with Crippen molar-refractivity contribution in [1.29, 1.82) is 0 Å². The number of aryl methyl sites for hydroxylation is 1. The molecule has 0 aliphatic carbocycles. The van der Waals surface area contributed by atoms with Gasteiger partial charge in [-0.15, -0.1) is 5.10 Å². The van der Waals surface area contributed by atoms with E-state index in [9.17, 15) is 9.18 Å². The first-order valence-corrected chi connectivity index (χ1v) is 9.23. The molecule has 4 aromatic rings. The second kappa shape index (κ2) is 8.52. The van der Waals surface area contributed by atoms with Crippen molar-refractivity contribution in [1.82, 2.24) is 20.2 Å². The van der Waals surface area contributed by atoms with Crippen molar-refractivity contribution in [2.75, 3.05) is 5.32 Å². The number of anilines is 1. The van der Waals surface area contributed by atoms with Crippen LogP contribution in [0.25, 0.3) is 5.69 Å². The van der Waals surface area contributed by atoms with Gasteiger partial charge in [0.15, 0.2) is 5.82 Å². The number of carbonyl (C=O) groups excluding carboxylic acids is 1. The molecule has 0 fully saturated rings. The van der Waals surface area contributed by atoms with E-state index in [0.29, 0.717) is 29.4 Å². The van der Waals surface area contributed by atoms with Crippen molar-refractivity contribution in [3.8, 4) is 11.4 Å². The summed E-state index contributed by atoms with van der Waals surface area (Å²) in [5.41, 5.74) is 2.01. The van der Waals surface area contributed by atoms with E-state index < -0.39 is 11.7 Å². The minimum atomic E-state index is -0.555. The van der Waals surface area contributed by atoms with Gasteiger partial charge in [-0.1, -0.05) is 30.3 Å². The zero-order valence-corrected chi connectivity index (χ0v) is 16.1. The van der Waals surface area contributed by atoms with Gasteiger partial charge in [0.25, 0.3) is 5.91 Å². The molecule has 0 spiro atoms. The summed E-state index contributed by atoms with van der Waals surface area (Å²) in [6.45, 7) is 2.16. The number of nitrogens with zero attached hydrogens (tertiary/aromatic N) is 4. The second-order valence-corrected chi connectivity index (χ2v) is 6.55. The lowest BCUT2D eigenvalue weighted by Crippen LogP contribution is -2.13. The zero-order chi connectivity index (χ0) is 20.9. The smallest absolute Gasteiger partial charge is 0.255 e. The normalized spacial score (nSPS) is 10.6. The van der Waals surface area contributed by atoms with Gasteiger partial charge >= 0.3 is 0 Å². The Morgan fingerprint density at radius 3 is 2.53 bits per heavy atom. The summed E-state index contributed by atoms with van der Waals surface area (Å²) in [4.78, 5) is 12.6. The summed E-state index contributed by atoms with van der Waals surface area (Å²) in [5, 5.41) is 13.8. The van der Waals surface area contributed by atoms with Crippen LogP contribution in [-0.4, -0.2) is 26.1 Å². The Morgan fingerprint density at radius 2 is 1.83 bits per heavy atom. The van der Waals surface area contributed by atoms with Crippen molar-refractivity contribution in [3.63, 3.8) is 0 Å². The third-order valence-electron chi connectivity index (χ3n) is 4.43. The van der Waals surface area contributed by atoms with Gasteiger partial charge in [0.2, 0.25) is 0 Å². The van der Waals surface area contributed by atoms with E-state index in [1.54, 1.807) is 31.2 Å². The summed E-state index contributed by atoms with van der Waals surface area (Å²) in [6.07, 6.45) is 0. The van der Waals surface area contributed by atoms with Gasteiger partial charge in [0, 0.05) is 5.56 Å². The Morgan fingerprint density at radius 1 is 1.07 bits per heavy atom. The Kier molecular flexibility index (Phi) is 5.47. The number of carbonyl (C=O) groups is 1. The number of ether oxygens (including phenoxy) is 1. The minimum Gasteiger partial charge on any atom is -0.489 e. The maximum Gasteiger partial charge on any atom is 0.255 e. The van der Waals surface area contributed by atoms with Crippen LogP contribution in [0.3, 0.4) is 0 Å². The predicted molar refractivity (Wildman–Crippen MR) is 109 cm³/mol. The number of hydrogen-bond acceptors (Lipinski definition) is 5. The van der Waals surface area contributed by atoms with Crippen LogP contribution in [0.2, 0.25) is 0 Å². The summed E-state index contributed by atoms with van der Waals surface area (Å²) < 4.78 is 21.4. The highest BCUT2D eigenvalue weighted by Crippen LogP contribution is 2.21. The van der Waals surface area contributed by atoms with Crippen LogP contribution in [0.5, 0.6) is 5.75 Å². The molecule has 4 rings (SSSR count). The van der Waals surface area contributed by atoms with Gasteiger partial charge in [0.1, 0.15) is 18.2 Å². The molecule has 150 valence electrons. The third kappa shape index (κ3) is 4.33. The summed E-state index contributed by atoms with van der Waals surface area (Å²) in [6, 6.07) is 20.7. The highest BCUT2D eigenvalue weighted by Gasteiger charge is 2.12. The first-order chi connectivity index (χ1) is 14.6. The van der Waals surface area contributed by atoms with Gasteiger partial charge in [-0.05, 0) is 65.4 Å². The lowest BCUT2D eigenvalue weighted by atomic mass is 10.2. The molecule has 3 aromatic carbocycles. The number of amides is 1. The van der Waals surface area contributed by atoms with Crippen LogP contribution in [-0.2, 0) is 6.61 Å². The van der Waals surface area contributed by atoms with Gasteiger partial charge in [-0.3, -0.25) is 4.79 Å². The molecule has 0 atom stereocenters. The lowest BCUT2D eigenvalue weighted by molar-refractivity contribution is 0.102. The molecule has 0 saturated carbocycles. The average molecular weight is 403 g/mol. The van der Waals surface area contributed by atoms with Gasteiger partial charge in [-0.25, -0.2) is 4.39 Å². The van der Waals surface area contributed by atoms with Crippen LogP contribution >= 0.6 is 0 Å². The van der Waals surface area contributed by atoms with E-state index in [1.165, 1.54) is 22.9 Å². The molecule has 8 heteroatoms. The SMILES string of the molecule is Cc1nnnn1-c1ccc(F)c(NC(=O)c2ccc(OCc3ccccc3)cc2)c1. The number of tetrazole rings is 1. The summed E-state index contributed by atoms with van der Waals surface area (Å²) in [7, 11) is 0. The van der Waals surface area contributed by atoms with Crippen LogP contribution in [0.15, 0.2) is 72.8 Å². The van der Waals surface area contributed by atoms with Crippen molar-refractivity contribution >= 4 is 11.6 Å². The first kappa shape index (κ1) is 19.3. The molecular weight excluding hydrogens is 385 g/mol. The van der Waals surface area contributed by atoms with Crippen LogP contribution < -0.4 is 10.1 Å². The molecule has 0 aliphatic heterocycles. The highest BCUT2D eigenvalue weighted by atomic mass is 19.1. The molecule has 1 aromatic heterocycles. The topological polar surface area (TPSA) is 81.9 Å². The zero-order valence-electron chi connectivity index (χ0n) is 16.1. The number of aromatic nitrogens is 4. The monoisotopic (exact) mass is 403 g/mol. The third-order valence-corrected chi connectivity index (χ3v) is 4.43. The van der Waals surface area contributed by atoms with Crippen molar-refractivity contribution in [2.24, 2.45) is 0 Å². The predicted octanol–water partition coefficient (Wildman–Crippen LogP) is 3.94.